The second-order valence-corrected chi connectivity index (χ2v) is 6.19. The van der Waals surface area contributed by atoms with Crippen LogP contribution >= 0.6 is 0 Å². The number of aromatic nitrogens is 2. The van der Waals surface area contributed by atoms with Crippen molar-refractivity contribution in [3.8, 4) is 0 Å². The van der Waals surface area contributed by atoms with Crippen molar-refractivity contribution in [2.75, 3.05) is 5.32 Å². The molecular formula is C16H17N3O2. The molecular weight excluding hydrogens is 266 g/mol. The van der Waals surface area contributed by atoms with Gasteiger partial charge < -0.3 is 10.3 Å². The summed E-state index contributed by atoms with van der Waals surface area (Å²) in [7, 11) is 0. The third-order valence-corrected chi connectivity index (χ3v) is 3.72. The molecule has 0 saturated carbocycles. The van der Waals surface area contributed by atoms with E-state index in [1.165, 1.54) is 0 Å². The van der Waals surface area contributed by atoms with Gasteiger partial charge in [-0.25, -0.2) is 0 Å². The highest BCUT2D eigenvalue weighted by molar-refractivity contribution is 6.13. The van der Waals surface area contributed by atoms with Gasteiger partial charge in [-0.2, -0.15) is 0 Å². The summed E-state index contributed by atoms with van der Waals surface area (Å²) in [6, 6.07) is 3.42. The highest BCUT2D eigenvalue weighted by Crippen LogP contribution is 2.35. The molecule has 1 aliphatic carbocycles. The Hall–Kier alpha value is -2.43. The molecule has 0 bridgehead atoms. The third-order valence-electron chi connectivity index (χ3n) is 3.72. The average molecular weight is 283 g/mol. The lowest BCUT2D eigenvalue weighted by Gasteiger charge is -2.28. The first-order valence-electron chi connectivity index (χ1n) is 6.91. The average Bonchev–Trinajstić information content (AvgIpc) is 2.82. The summed E-state index contributed by atoms with van der Waals surface area (Å²) in [5, 5.41) is 2.78. The van der Waals surface area contributed by atoms with Crippen LogP contribution in [0.3, 0.4) is 0 Å². The minimum atomic E-state index is -0.272. The molecule has 0 spiro atoms. The van der Waals surface area contributed by atoms with Crippen LogP contribution in [0.1, 0.15) is 46.7 Å². The number of nitrogens with one attached hydrogen (secondary N) is 2. The van der Waals surface area contributed by atoms with Gasteiger partial charge >= 0.3 is 0 Å². The van der Waals surface area contributed by atoms with Gasteiger partial charge in [-0.3, -0.25) is 14.6 Å². The van der Waals surface area contributed by atoms with E-state index in [1.54, 1.807) is 30.7 Å². The van der Waals surface area contributed by atoms with E-state index in [0.717, 1.165) is 12.1 Å². The van der Waals surface area contributed by atoms with E-state index < -0.39 is 0 Å². The maximum Gasteiger partial charge on any atom is 0.257 e. The molecule has 1 aliphatic rings. The van der Waals surface area contributed by atoms with E-state index in [4.69, 9.17) is 0 Å². The summed E-state index contributed by atoms with van der Waals surface area (Å²) in [4.78, 5) is 31.7. The number of amides is 1. The smallest absolute Gasteiger partial charge is 0.257 e. The number of fused-ring (bicyclic) bond motifs is 1. The van der Waals surface area contributed by atoms with Crippen LogP contribution in [0.5, 0.6) is 0 Å². The topological polar surface area (TPSA) is 74.8 Å². The van der Waals surface area contributed by atoms with Crippen molar-refractivity contribution >= 4 is 17.4 Å². The Bertz CT molecular complexity index is 702. The molecule has 21 heavy (non-hydrogen) atoms. The van der Waals surface area contributed by atoms with Crippen LogP contribution in [-0.4, -0.2) is 21.7 Å². The summed E-state index contributed by atoms with van der Waals surface area (Å²) in [6.45, 7) is 4.12. The van der Waals surface area contributed by atoms with Crippen molar-refractivity contribution in [3.63, 3.8) is 0 Å². The van der Waals surface area contributed by atoms with Crippen LogP contribution in [0.4, 0.5) is 5.69 Å². The van der Waals surface area contributed by atoms with Crippen LogP contribution in [-0.2, 0) is 6.42 Å². The first kappa shape index (κ1) is 13.5. The minimum absolute atomic E-state index is 0.0300. The lowest BCUT2D eigenvalue weighted by Crippen LogP contribution is -2.28. The monoisotopic (exact) mass is 283 g/mol. The first-order chi connectivity index (χ1) is 9.96. The first-order valence-corrected chi connectivity index (χ1v) is 6.91. The fraction of sp³-hybridized carbons (Fsp3) is 0.312. The molecule has 1 amide bonds. The summed E-state index contributed by atoms with van der Waals surface area (Å²) in [6.07, 6.45) is 6.08. The zero-order valence-electron chi connectivity index (χ0n) is 12.1. The Labute approximate surface area is 122 Å². The number of carbonyl (C=O) groups excluding carboxylic acids is 2. The van der Waals surface area contributed by atoms with Crippen molar-refractivity contribution < 1.29 is 9.59 Å². The number of hydrogen-bond acceptors (Lipinski definition) is 3. The highest BCUT2D eigenvalue weighted by Gasteiger charge is 2.35. The Morgan fingerprint density at radius 1 is 1.29 bits per heavy atom. The van der Waals surface area contributed by atoms with Gasteiger partial charge in [0, 0.05) is 36.4 Å². The van der Waals surface area contributed by atoms with Crippen LogP contribution < -0.4 is 5.32 Å². The number of carbonyl (C=O) groups is 2. The predicted molar refractivity (Wildman–Crippen MR) is 79.4 cm³/mol. The standard InChI is InChI=1S/C16H17N3O2/c1-16(2)7-12-14(13(20)8-16)11(9-18-12)15(21)19-10-3-5-17-6-4-10/h3-6,9,18H,7-8H2,1-2H3,(H,17,19,21). The van der Waals surface area contributed by atoms with E-state index in [1.807, 2.05) is 0 Å². The zero-order valence-corrected chi connectivity index (χ0v) is 12.1. The second kappa shape index (κ2) is 4.84. The van der Waals surface area contributed by atoms with Gasteiger partial charge in [0.1, 0.15) is 0 Å². The Balaban J connectivity index is 1.90. The number of anilines is 1. The van der Waals surface area contributed by atoms with Gasteiger partial charge in [0.2, 0.25) is 0 Å². The van der Waals surface area contributed by atoms with Crippen molar-refractivity contribution in [2.24, 2.45) is 5.41 Å². The van der Waals surface area contributed by atoms with Gasteiger partial charge in [-0.15, -0.1) is 0 Å². The largest absolute Gasteiger partial charge is 0.364 e. The maximum atomic E-state index is 12.4. The lowest BCUT2D eigenvalue weighted by atomic mass is 9.75. The molecule has 2 heterocycles. The van der Waals surface area contributed by atoms with E-state index in [-0.39, 0.29) is 17.1 Å². The Kier molecular flexibility index (Phi) is 3.12. The van der Waals surface area contributed by atoms with E-state index in [2.05, 4.69) is 29.1 Å². The third kappa shape index (κ3) is 2.59. The molecule has 5 nitrogen and oxygen atoms in total. The predicted octanol–water partition coefficient (Wildman–Crippen LogP) is 2.82. The van der Waals surface area contributed by atoms with Gasteiger partial charge in [0.25, 0.3) is 5.91 Å². The number of nitrogens with zero attached hydrogens (tertiary/aromatic N) is 1. The molecule has 0 aliphatic heterocycles. The van der Waals surface area contributed by atoms with Crippen molar-refractivity contribution in [1.29, 1.82) is 0 Å². The van der Waals surface area contributed by atoms with Gasteiger partial charge in [0.05, 0.1) is 11.1 Å². The molecule has 0 fully saturated rings. The van der Waals surface area contributed by atoms with Crippen LogP contribution in [0.2, 0.25) is 0 Å². The second-order valence-electron chi connectivity index (χ2n) is 6.19. The molecule has 0 atom stereocenters. The molecule has 2 aromatic rings. The SMILES string of the molecule is CC1(C)CC(=O)c2c(C(=O)Nc3ccncc3)c[nH]c2C1. The molecule has 0 aromatic carbocycles. The molecule has 2 aromatic heterocycles. The van der Waals surface area contributed by atoms with Crippen molar-refractivity contribution in [3.05, 3.63) is 47.5 Å². The highest BCUT2D eigenvalue weighted by atomic mass is 16.2. The summed E-state index contributed by atoms with van der Waals surface area (Å²) >= 11 is 0. The van der Waals surface area contributed by atoms with Gasteiger partial charge in [0.15, 0.2) is 5.78 Å². The van der Waals surface area contributed by atoms with E-state index in [0.29, 0.717) is 23.2 Å². The lowest BCUT2D eigenvalue weighted by molar-refractivity contribution is 0.0902. The quantitative estimate of drug-likeness (QED) is 0.890. The van der Waals surface area contributed by atoms with Gasteiger partial charge in [-0.1, -0.05) is 13.8 Å². The fourth-order valence-electron chi connectivity index (χ4n) is 2.80. The van der Waals surface area contributed by atoms with Crippen LogP contribution in [0.15, 0.2) is 30.7 Å². The molecule has 0 unspecified atom stereocenters. The van der Waals surface area contributed by atoms with E-state index in [9.17, 15) is 9.59 Å². The summed E-state index contributed by atoms with van der Waals surface area (Å²) < 4.78 is 0. The zero-order chi connectivity index (χ0) is 15.0. The minimum Gasteiger partial charge on any atom is -0.364 e. The summed E-state index contributed by atoms with van der Waals surface area (Å²) in [5.74, 6) is -0.242. The molecule has 5 heteroatoms. The number of aromatic amines is 1. The molecule has 108 valence electrons. The van der Waals surface area contributed by atoms with Crippen molar-refractivity contribution in [2.45, 2.75) is 26.7 Å². The molecule has 3 rings (SSSR count). The number of Topliss-reactive ketones (excluding diaryl/α,β-unsaturated/α-hetero) is 1. The summed E-state index contributed by atoms with van der Waals surface area (Å²) in [5.41, 5.74) is 2.42. The van der Waals surface area contributed by atoms with Gasteiger partial charge in [-0.05, 0) is 24.0 Å². The molecule has 2 N–H and O–H groups in total. The van der Waals surface area contributed by atoms with Crippen LogP contribution in [0, 0.1) is 5.41 Å². The number of hydrogen-bond donors (Lipinski definition) is 2. The van der Waals surface area contributed by atoms with Crippen molar-refractivity contribution in [1.82, 2.24) is 9.97 Å². The fourth-order valence-corrected chi connectivity index (χ4v) is 2.80. The number of pyridine rings is 1. The Morgan fingerprint density at radius 2 is 2.00 bits per heavy atom. The number of H-pyrrole nitrogens is 1. The normalized spacial score (nSPS) is 16.4. The Morgan fingerprint density at radius 3 is 2.71 bits per heavy atom. The van der Waals surface area contributed by atoms with E-state index >= 15 is 0 Å². The number of rotatable bonds is 2. The molecule has 0 radical (unpaired) electrons. The number of ketones is 1. The van der Waals surface area contributed by atoms with Crippen LogP contribution in [0.25, 0.3) is 0 Å². The maximum absolute atomic E-state index is 12.4. The molecule has 0 saturated heterocycles.